The molecule has 1 amide bonds. The van der Waals surface area contributed by atoms with Crippen molar-refractivity contribution < 1.29 is 17.9 Å². The Morgan fingerprint density at radius 2 is 1.59 bits per heavy atom. The number of hydrogen-bond donors (Lipinski definition) is 1. The largest absolute Gasteiger partial charge is 0.494 e. The molecule has 0 saturated carbocycles. The van der Waals surface area contributed by atoms with Crippen LogP contribution in [0.25, 0.3) is 0 Å². The monoisotopic (exact) mass is 418 g/mol. The van der Waals surface area contributed by atoms with Crippen molar-refractivity contribution in [2.75, 3.05) is 29.0 Å². The number of ether oxygens (including phenoxy) is 1. The van der Waals surface area contributed by atoms with E-state index in [2.05, 4.69) is 5.32 Å². The molecule has 2 aromatic carbocycles. The van der Waals surface area contributed by atoms with Crippen LogP contribution < -0.4 is 14.4 Å². The number of anilines is 2. The Hall–Kier alpha value is -2.54. The van der Waals surface area contributed by atoms with Gasteiger partial charge in [0.05, 0.1) is 18.6 Å². The molecule has 7 heteroatoms. The molecule has 0 spiro atoms. The topological polar surface area (TPSA) is 75.7 Å². The first-order valence-corrected chi connectivity index (χ1v) is 11.8. The van der Waals surface area contributed by atoms with Crippen molar-refractivity contribution in [3.63, 3.8) is 0 Å². The van der Waals surface area contributed by atoms with Gasteiger partial charge in [-0.25, -0.2) is 8.42 Å². The zero-order chi connectivity index (χ0) is 21.4. The third kappa shape index (κ3) is 6.22. The van der Waals surface area contributed by atoms with Crippen LogP contribution in [-0.4, -0.2) is 33.7 Å². The van der Waals surface area contributed by atoms with E-state index in [1.807, 2.05) is 39.0 Å². The van der Waals surface area contributed by atoms with Gasteiger partial charge >= 0.3 is 0 Å². The Bertz CT molecular complexity index is 902. The van der Waals surface area contributed by atoms with Crippen molar-refractivity contribution in [2.24, 2.45) is 0 Å². The number of carbonyl (C=O) groups is 1. The molecular formula is C22H30N2O4S. The molecule has 1 N–H and O–H groups in total. The minimum absolute atomic E-state index is 0.296. The minimum Gasteiger partial charge on any atom is -0.494 e. The molecule has 0 aromatic heterocycles. The maximum atomic E-state index is 12.7. The van der Waals surface area contributed by atoms with Crippen molar-refractivity contribution in [2.45, 2.75) is 40.0 Å². The molecule has 0 saturated heterocycles. The first kappa shape index (κ1) is 22.7. The molecule has 0 bridgehead atoms. The molecular weight excluding hydrogens is 388 g/mol. The molecule has 0 atom stereocenters. The van der Waals surface area contributed by atoms with Crippen LogP contribution in [0.2, 0.25) is 0 Å². The van der Waals surface area contributed by atoms with E-state index in [-0.39, 0.29) is 12.5 Å². The third-order valence-electron chi connectivity index (χ3n) is 4.55. The maximum Gasteiger partial charge on any atom is 0.245 e. The second-order valence-electron chi connectivity index (χ2n) is 6.82. The van der Waals surface area contributed by atoms with Crippen molar-refractivity contribution in [3.05, 3.63) is 53.6 Å². The Balaban J connectivity index is 2.22. The number of sulfonamides is 1. The highest BCUT2D eigenvalue weighted by Gasteiger charge is 2.22. The Morgan fingerprint density at radius 1 is 1.00 bits per heavy atom. The molecule has 6 nitrogen and oxygen atoms in total. The molecule has 0 radical (unpaired) electrons. The average Bonchev–Trinajstić information content (AvgIpc) is 2.70. The number of amides is 1. The summed E-state index contributed by atoms with van der Waals surface area (Å²) in [5, 5.41) is 2.92. The van der Waals surface area contributed by atoms with Crippen molar-refractivity contribution in [1.29, 1.82) is 0 Å². The summed E-state index contributed by atoms with van der Waals surface area (Å²) >= 11 is 0. The van der Waals surface area contributed by atoms with Gasteiger partial charge in [-0.2, -0.15) is 0 Å². The highest BCUT2D eigenvalue weighted by Crippen LogP contribution is 2.24. The van der Waals surface area contributed by atoms with Crippen LogP contribution in [0.5, 0.6) is 5.75 Å². The summed E-state index contributed by atoms with van der Waals surface area (Å²) in [6, 6.07) is 12.6. The lowest BCUT2D eigenvalue weighted by Gasteiger charge is -2.23. The minimum atomic E-state index is -3.63. The van der Waals surface area contributed by atoms with Crippen molar-refractivity contribution in [3.8, 4) is 5.75 Å². The van der Waals surface area contributed by atoms with E-state index in [0.717, 1.165) is 46.6 Å². The van der Waals surface area contributed by atoms with Gasteiger partial charge in [-0.3, -0.25) is 9.10 Å². The molecule has 2 rings (SSSR count). The first-order valence-electron chi connectivity index (χ1n) is 9.91. The van der Waals surface area contributed by atoms with E-state index in [4.69, 9.17) is 4.74 Å². The van der Waals surface area contributed by atoms with Gasteiger partial charge in [0.1, 0.15) is 12.3 Å². The Labute approximate surface area is 173 Å². The average molecular weight is 419 g/mol. The third-order valence-corrected chi connectivity index (χ3v) is 5.69. The number of para-hydroxylation sites is 1. The van der Waals surface area contributed by atoms with Gasteiger partial charge in [-0.1, -0.05) is 39.0 Å². The van der Waals surface area contributed by atoms with E-state index in [1.165, 1.54) is 0 Å². The summed E-state index contributed by atoms with van der Waals surface area (Å²) in [6.07, 6.45) is 3.53. The summed E-state index contributed by atoms with van der Waals surface area (Å²) < 4.78 is 31.3. The smallest absolute Gasteiger partial charge is 0.245 e. The first-order chi connectivity index (χ1) is 13.8. The van der Waals surface area contributed by atoms with Crippen LogP contribution in [0, 0.1) is 0 Å². The quantitative estimate of drug-likeness (QED) is 0.633. The Kier molecular flexibility index (Phi) is 8.08. The lowest BCUT2D eigenvalue weighted by Crippen LogP contribution is -2.37. The van der Waals surface area contributed by atoms with Crippen LogP contribution in [0.15, 0.2) is 42.5 Å². The fraction of sp³-hybridized carbons (Fsp3) is 0.409. The normalized spacial score (nSPS) is 11.2. The van der Waals surface area contributed by atoms with E-state index in [0.29, 0.717) is 18.0 Å². The van der Waals surface area contributed by atoms with Crippen molar-refractivity contribution in [1.82, 2.24) is 0 Å². The van der Waals surface area contributed by atoms with E-state index in [1.54, 1.807) is 24.3 Å². The number of nitrogens with one attached hydrogen (secondary N) is 1. The molecule has 0 heterocycles. The lowest BCUT2D eigenvalue weighted by molar-refractivity contribution is -0.114. The predicted octanol–water partition coefficient (Wildman–Crippen LogP) is 4.00. The number of aryl methyl sites for hydroxylation is 2. The van der Waals surface area contributed by atoms with Crippen LogP contribution in [-0.2, 0) is 27.7 Å². The summed E-state index contributed by atoms with van der Waals surface area (Å²) in [7, 11) is -3.63. The summed E-state index contributed by atoms with van der Waals surface area (Å²) in [6.45, 7) is 6.35. The van der Waals surface area contributed by atoms with E-state index >= 15 is 0 Å². The standard InChI is InChI=1S/C22H30N2O4S/c1-5-15-28-20-13-11-19(12-14-20)24(29(4,26)27)16-21(25)23-22-17(6-2)9-8-10-18(22)7-3/h8-14H,5-7,15-16H2,1-4H3,(H,23,25). The molecule has 0 aliphatic rings. The molecule has 29 heavy (non-hydrogen) atoms. The molecule has 2 aromatic rings. The van der Waals surface area contributed by atoms with Gasteiger partial charge in [0.2, 0.25) is 15.9 Å². The fourth-order valence-corrected chi connectivity index (χ4v) is 3.90. The molecule has 0 fully saturated rings. The predicted molar refractivity (Wildman–Crippen MR) is 118 cm³/mol. The van der Waals surface area contributed by atoms with Crippen LogP contribution in [0.1, 0.15) is 38.3 Å². The zero-order valence-electron chi connectivity index (χ0n) is 17.6. The maximum absolute atomic E-state index is 12.7. The van der Waals surface area contributed by atoms with Gasteiger partial charge < -0.3 is 10.1 Å². The number of carbonyl (C=O) groups excluding carboxylic acids is 1. The fourth-order valence-electron chi connectivity index (χ4n) is 3.04. The molecule has 0 aliphatic heterocycles. The second-order valence-corrected chi connectivity index (χ2v) is 8.73. The number of hydrogen-bond acceptors (Lipinski definition) is 4. The van der Waals surface area contributed by atoms with Gasteiger partial charge in [0.25, 0.3) is 0 Å². The zero-order valence-corrected chi connectivity index (χ0v) is 18.4. The van der Waals surface area contributed by atoms with Crippen LogP contribution in [0.3, 0.4) is 0 Å². The number of rotatable bonds is 10. The van der Waals surface area contributed by atoms with Gasteiger partial charge in [0.15, 0.2) is 0 Å². The highest BCUT2D eigenvalue weighted by molar-refractivity contribution is 7.92. The molecule has 0 aliphatic carbocycles. The molecule has 0 unspecified atom stereocenters. The summed E-state index contributed by atoms with van der Waals surface area (Å²) in [4.78, 5) is 12.7. The SMILES string of the molecule is CCCOc1ccc(N(CC(=O)Nc2c(CC)cccc2CC)S(C)(=O)=O)cc1. The van der Waals surface area contributed by atoms with Gasteiger partial charge in [0, 0.05) is 5.69 Å². The lowest BCUT2D eigenvalue weighted by atomic mass is 10.0. The highest BCUT2D eigenvalue weighted by atomic mass is 32.2. The van der Waals surface area contributed by atoms with E-state index < -0.39 is 10.0 Å². The van der Waals surface area contributed by atoms with Crippen LogP contribution in [0.4, 0.5) is 11.4 Å². The van der Waals surface area contributed by atoms with Gasteiger partial charge in [-0.15, -0.1) is 0 Å². The second kappa shape index (κ2) is 10.3. The van der Waals surface area contributed by atoms with Crippen LogP contribution >= 0.6 is 0 Å². The summed E-state index contributed by atoms with van der Waals surface area (Å²) in [5.74, 6) is 0.287. The number of nitrogens with zero attached hydrogens (tertiary/aromatic N) is 1. The van der Waals surface area contributed by atoms with Gasteiger partial charge in [-0.05, 0) is 54.7 Å². The van der Waals surface area contributed by atoms with Crippen molar-refractivity contribution >= 4 is 27.3 Å². The summed E-state index contributed by atoms with van der Waals surface area (Å²) in [5.41, 5.74) is 3.26. The Morgan fingerprint density at radius 3 is 2.07 bits per heavy atom. The number of benzene rings is 2. The van der Waals surface area contributed by atoms with E-state index in [9.17, 15) is 13.2 Å². The molecule has 158 valence electrons.